The molecule has 1 aromatic carbocycles. The molecule has 0 aromatic heterocycles. The molecule has 5 nitrogen and oxygen atoms in total. The second kappa shape index (κ2) is 6.72. The Balaban J connectivity index is 2.12. The number of amides is 1. The molecule has 112 valence electrons. The molecule has 1 heterocycles. The molecule has 1 fully saturated rings. The van der Waals surface area contributed by atoms with Crippen LogP contribution in [0.3, 0.4) is 0 Å². The minimum Gasteiger partial charge on any atom is -0.336 e. The number of carbonyl (C=O) groups is 1. The number of carbonyl (C=O) groups excluding carboxylic acids is 1. The van der Waals surface area contributed by atoms with Crippen LogP contribution in [-0.2, 0) is 4.79 Å². The summed E-state index contributed by atoms with van der Waals surface area (Å²) in [7, 11) is 0. The van der Waals surface area contributed by atoms with E-state index in [0.717, 1.165) is 25.8 Å². The van der Waals surface area contributed by atoms with E-state index in [0.29, 0.717) is 5.56 Å². The van der Waals surface area contributed by atoms with Gasteiger partial charge in [0.1, 0.15) is 5.02 Å². The van der Waals surface area contributed by atoms with E-state index in [1.54, 1.807) is 12.1 Å². The molecule has 0 radical (unpaired) electrons. The van der Waals surface area contributed by atoms with Crippen LogP contribution in [0.25, 0.3) is 6.08 Å². The Morgan fingerprint density at radius 2 is 2.24 bits per heavy atom. The Morgan fingerprint density at radius 1 is 1.48 bits per heavy atom. The van der Waals surface area contributed by atoms with Gasteiger partial charge in [-0.1, -0.05) is 17.7 Å². The summed E-state index contributed by atoms with van der Waals surface area (Å²) in [5, 5.41) is 10.9. The molecule has 1 amide bonds. The van der Waals surface area contributed by atoms with Gasteiger partial charge in [0.2, 0.25) is 5.91 Å². The molecule has 2 rings (SSSR count). The molecule has 0 saturated carbocycles. The molecule has 21 heavy (non-hydrogen) atoms. The van der Waals surface area contributed by atoms with Gasteiger partial charge in [-0.05, 0) is 43.9 Å². The third kappa shape index (κ3) is 3.82. The van der Waals surface area contributed by atoms with Crippen LogP contribution in [0, 0.1) is 10.1 Å². The zero-order valence-corrected chi connectivity index (χ0v) is 12.5. The summed E-state index contributed by atoms with van der Waals surface area (Å²) < 4.78 is 0. The predicted octanol–water partition coefficient (Wildman–Crippen LogP) is 3.66. The van der Waals surface area contributed by atoms with Crippen LogP contribution in [0.15, 0.2) is 24.3 Å². The molecular weight excluding hydrogens is 292 g/mol. The first-order valence-corrected chi connectivity index (χ1v) is 7.29. The van der Waals surface area contributed by atoms with Crippen LogP contribution >= 0.6 is 11.6 Å². The lowest BCUT2D eigenvalue weighted by Crippen LogP contribution is -2.41. The van der Waals surface area contributed by atoms with Gasteiger partial charge < -0.3 is 4.90 Å². The highest BCUT2D eigenvalue weighted by Crippen LogP contribution is 2.25. The molecule has 1 aromatic rings. The van der Waals surface area contributed by atoms with E-state index in [2.05, 4.69) is 0 Å². The number of hydrogen-bond acceptors (Lipinski definition) is 3. The lowest BCUT2D eigenvalue weighted by atomic mass is 10.0. The highest BCUT2D eigenvalue weighted by Gasteiger charge is 2.21. The van der Waals surface area contributed by atoms with Crippen molar-refractivity contribution in [2.75, 3.05) is 6.54 Å². The highest BCUT2D eigenvalue weighted by molar-refractivity contribution is 6.32. The maximum atomic E-state index is 12.1. The molecule has 0 bridgehead atoms. The van der Waals surface area contributed by atoms with Crippen LogP contribution < -0.4 is 0 Å². The van der Waals surface area contributed by atoms with Crippen LogP contribution in [-0.4, -0.2) is 28.3 Å². The van der Waals surface area contributed by atoms with Gasteiger partial charge in [0.05, 0.1) is 4.92 Å². The van der Waals surface area contributed by atoms with Gasteiger partial charge in [0.15, 0.2) is 0 Å². The fraction of sp³-hybridized carbons (Fsp3) is 0.400. The quantitative estimate of drug-likeness (QED) is 0.486. The summed E-state index contributed by atoms with van der Waals surface area (Å²) in [5.41, 5.74) is 0.432. The topological polar surface area (TPSA) is 63.5 Å². The molecule has 1 atom stereocenters. The highest BCUT2D eigenvalue weighted by atomic mass is 35.5. The number of hydrogen-bond donors (Lipinski definition) is 0. The number of piperidine rings is 1. The van der Waals surface area contributed by atoms with E-state index in [4.69, 9.17) is 11.6 Å². The Morgan fingerprint density at radius 3 is 2.90 bits per heavy atom. The number of nitrogens with zero attached hydrogens (tertiary/aromatic N) is 2. The van der Waals surface area contributed by atoms with Crippen molar-refractivity contribution in [2.45, 2.75) is 32.2 Å². The first-order valence-electron chi connectivity index (χ1n) is 6.91. The van der Waals surface area contributed by atoms with Crippen LogP contribution in [0.4, 0.5) is 5.69 Å². The average Bonchev–Trinajstić information content (AvgIpc) is 2.46. The van der Waals surface area contributed by atoms with Gasteiger partial charge in [-0.2, -0.15) is 0 Å². The van der Waals surface area contributed by atoms with E-state index >= 15 is 0 Å². The van der Waals surface area contributed by atoms with Crippen molar-refractivity contribution in [2.24, 2.45) is 0 Å². The first-order chi connectivity index (χ1) is 9.99. The van der Waals surface area contributed by atoms with Crippen molar-refractivity contribution in [3.63, 3.8) is 0 Å². The lowest BCUT2D eigenvalue weighted by Gasteiger charge is -2.32. The van der Waals surface area contributed by atoms with Crippen molar-refractivity contribution in [1.82, 2.24) is 4.90 Å². The summed E-state index contributed by atoms with van der Waals surface area (Å²) in [6.45, 7) is 2.81. The fourth-order valence-electron chi connectivity index (χ4n) is 2.46. The lowest BCUT2D eigenvalue weighted by molar-refractivity contribution is -0.384. The molecule has 6 heteroatoms. The fourth-order valence-corrected chi connectivity index (χ4v) is 2.65. The molecule has 1 aliphatic heterocycles. The number of likely N-dealkylation sites (tertiary alicyclic amines) is 1. The summed E-state index contributed by atoms with van der Waals surface area (Å²) in [4.78, 5) is 24.3. The Labute approximate surface area is 128 Å². The number of benzene rings is 1. The van der Waals surface area contributed by atoms with Crippen LogP contribution in [0.2, 0.25) is 5.02 Å². The van der Waals surface area contributed by atoms with Gasteiger partial charge >= 0.3 is 0 Å². The maximum absolute atomic E-state index is 12.1. The third-order valence-electron chi connectivity index (χ3n) is 3.67. The van der Waals surface area contributed by atoms with Crippen molar-refractivity contribution in [3.05, 3.63) is 45.0 Å². The Bertz CT molecular complexity index is 586. The molecule has 1 unspecified atom stereocenters. The maximum Gasteiger partial charge on any atom is 0.288 e. The molecule has 1 saturated heterocycles. The van der Waals surface area contributed by atoms with Crippen molar-refractivity contribution >= 4 is 29.3 Å². The minimum absolute atomic E-state index is 0.0557. The van der Waals surface area contributed by atoms with Crippen molar-refractivity contribution in [3.8, 4) is 0 Å². The number of rotatable bonds is 3. The molecule has 0 spiro atoms. The monoisotopic (exact) mass is 308 g/mol. The Kier molecular flexibility index (Phi) is 4.96. The second-order valence-corrected chi connectivity index (χ2v) is 5.58. The molecular formula is C15H17ClN2O3. The normalized spacial score (nSPS) is 19.0. The third-order valence-corrected chi connectivity index (χ3v) is 3.99. The summed E-state index contributed by atoms with van der Waals surface area (Å²) >= 11 is 5.75. The zero-order valence-electron chi connectivity index (χ0n) is 11.8. The van der Waals surface area contributed by atoms with E-state index in [-0.39, 0.29) is 22.7 Å². The van der Waals surface area contributed by atoms with Gasteiger partial charge in [-0.25, -0.2) is 0 Å². The number of nitro groups is 1. The van der Waals surface area contributed by atoms with Gasteiger partial charge in [0.25, 0.3) is 5.69 Å². The molecule has 1 aliphatic rings. The van der Waals surface area contributed by atoms with Crippen molar-refractivity contribution < 1.29 is 9.72 Å². The van der Waals surface area contributed by atoms with Gasteiger partial charge in [0, 0.05) is 24.7 Å². The molecule has 0 N–H and O–H groups in total. The summed E-state index contributed by atoms with van der Waals surface area (Å²) in [6, 6.07) is 4.73. The second-order valence-electron chi connectivity index (χ2n) is 5.18. The predicted molar refractivity (Wildman–Crippen MR) is 82.2 cm³/mol. The summed E-state index contributed by atoms with van der Waals surface area (Å²) in [6.07, 6.45) is 6.25. The van der Waals surface area contributed by atoms with Crippen molar-refractivity contribution in [1.29, 1.82) is 0 Å². The van der Waals surface area contributed by atoms with E-state index in [9.17, 15) is 14.9 Å². The van der Waals surface area contributed by atoms with Gasteiger partial charge in [-0.3, -0.25) is 14.9 Å². The average molecular weight is 309 g/mol. The number of nitro benzene ring substituents is 1. The van der Waals surface area contributed by atoms with E-state index in [1.807, 2.05) is 11.8 Å². The van der Waals surface area contributed by atoms with Gasteiger partial charge in [-0.15, -0.1) is 0 Å². The Hall–Kier alpha value is -1.88. The smallest absolute Gasteiger partial charge is 0.288 e. The first kappa shape index (κ1) is 15.5. The standard InChI is InChI=1S/C15H17ClN2O3/c1-11-4-2-3-9-17(11)15(19)8-6-12-5-7-13(16)14(10-12)18(20)21/h5-8,10-11H,2-4,9H2,1H3/b8-6+. The van der Waals surface area contributed by atoms with E-state index in [1.165, 1.54) is 18.2 Å². The SMILES string of the molecule is CC1CCCCN1C(=O)/C=C/c1ccc(Cl)c([N+](=O)[O-])c1. The summed E-state index contributed by atoms with van der Waals surface area (Å²) in [5.74, 6) is -0.0557. The minimum atomic E-state index is -0.534. The molecule has 0 aliphatic carbocycles. The number of halogens is 1. The van der Waals surface area contributed by atoms with Crippen LogP contribution in [0.1, 0.15) is 31.7 Å². The van der Waals surface area contributed by atoms with E-state index < -0.39 is 4.92 Å². The largest absolute Gasteiger partial charge is 0.336 e. The van der Waals surface area contributed by atoms with Crippen LogP contribution in [0.5, 0.6) is 0 Å². The zero-order chi connectivity index (χ0) is 15.4.